The summed E-state index contributed by atoms with van der Waals surface area (Å²) in [5, 5.41) is 7.00. The minimum atomic E-state index is -0.0256. The standard InChI is InChI=1S/C14H18N4O/c1-11-9-16-18(10-11)6-5-14(19)17-13-4-2-3-12(7-13)8-15/h2-4,7,9-10H,5-6,8,15H2,1H3,(H,17,19). The molecule has 0 saturated carbocycles. The highest BCUT2D eigenvalue weighted by molar-refractivity contribution is 5.90. The van der Waals surface area contributed by atoms with Gasteiger partial charge in [0.05, 0.1) is 6.20 Å². The van der Waals surface area contributed by atoms with Crippen LogP contribution in [-0.4, -0.2) is 15.7 Å². The van der Waals surface area contributed by atoms with Crippen LogP contribution in [0.5, 0.6) is 0 Å². The van der Waals surface area contributed by atoms with Crippen LogP contribution in [0.2, 0.25) is 0 Å². The molecule has 0 aliphatic rings. The Bertz CT molecular complexity index is 562. The molecule has 100 valence electrons. The fourth-order valence-electron chi connectivity index (χ4n) is 1.80. The number of anilines is 1. The van der Waals surface area contributed by atoms with Gasteiger partial charge in [0.1, 0.15) is 0 Å². The van der Waals surface area contributed by atoms with Gasteiger partial charge in [0, 0.05) is 31.4 Å². The number of nitrogens with one attached hydrogen (secondary N) is 1. The maximum Gasteiger partial charge on any atom is 0.226 e. The van der Waals surface area contributed by atoms with Gasteiger partial charge in [-0.1, -0.05) is 12.1 Å². The first-order valence-corrected chi connectivity index (χ1v) is 6.25. The molecule has 0 spiro atoms. The van der Waals surface area contributed by atoms with Gasteiger partial charge < -0.3 is 11.1 Å². The molecule has 1 amide bonds. The van der Waals surface area contributed by atoms with Crippen LogP contribution in [0.4, 0.5) is 5.69 Å². The van der Waals surface area contributed by atoms with Crippen molar-refractivity contribution in [2.24, 2.45) is 5.73 Å². The van der Waals surface area contributed by atoms with Gasteiger partial charge in [0.25, 0.3) is 0 Å². The van der Waals surface area contributed by atoms with E-state index >= 15 is 0 Å². The molecule has 0 atom stereocenters. The number of amides is 1. The van der Waals surface area contributed by atoms with Gasteiger partial charge in [-0.2, -0.15) is 5.10 Å². The third-order valence-electron chi connectivity index (χ3n) is 2.78. The van der Waals surface area contributed by atoms with E-state index in [0.717, 1.165) is 16.8 Å². The van der Waals surface area contributed by atoms with Crippen LogP contribution in [0.25, 0.3) is 0 Å². The second-order valence-corrected chi connectivity index (χ2v) is 4.48. The van der Waals surface area contributed by atoms with E-state index in [0.29, 0.717) is 19.5 Å². The highest BCUT2D eigenvalue weighted by Crippen LogP contribution is 2.10. The Hall–Kier alpha value is -2.14. The van der Waals surface area contributed by atoms with Crippen LogP contribution >= 0.6 is 0 Å². The van der Waals surface area contributed by atoms with E-state index in [1.54, 1.807) is 10.9 Å². The van der Waals surface area contributed by atoms with Gasteiger partial charge in [0.2, 0.25) is 5.91 Å². The molecule has 0 saturated heterocycles. The second kappa shape index (κ2) is 6.15. The number of carbonyl (C=O) groups is 1. The Morgan fingerprint density at radius 3 is 3.00 bits per heavy atom. The molecular formula is C14H18N4O. The van der Waals surface area contributed by atoms with Gasteiger partial charge in [-0.3, -0.25) is 9.48 Å². The van der Waals surface area contributed by atoms with E-state index in [1.807, 2.05) is 37.4 Å². The number of rotatable bonds is 5. The first-order valence-electron chi connectivity index (χ1n) is 6.25. The van der Waals surface area contributed by atoms with E-state index in [9.17, 15) is 4.79 Å². The van der Waals surface area contributed by atoms with Gasteiger partial charge >= 0.3 is 0 Å². The Morgan fingerprint density at radius 1 is 1.47 bits per heavy atom. The smallest absolute Gasteiger partial charge is 0.226 e. The number of aryl methyl sites for hydroxylation is 2. The number of benzene rings is 1. The Balaban J connectivity index is 1.86. The summed E-state index contributed by atoms with van der Waals surface area (Å²) in [5.74, 6) is -0.0256. The number of nitrogens with two attached hydrogens (primary N) is 1. The summed E-state index contributed by atoms with van der Waals surface area (Å²) < 4.78 is 1.77. The van der Waals surface area contributed by atoms with E-state index in [1.165, 1.54) is 0 Å². The van der Waals surface area contributed by atoms with Crippen LogP contribution < -0.4 is 11.1 Å². The molecule has 0 unspecified atom stereocenters. The quantitative estimate of drug-likeness (QED) is 0.857. The van der Waals surface area contributed by atoms with Gasteiger partial charge in [0.15, 0.2) is 0 Å². The molecule has 1 heterocycles. The number of hydrogen-bond donors (Lipinski definition) is 2. The molecule has 1 aromatic heterocycles. The summed E-state index contributed by atoms with van der Waals surface area (Å²) in [6, 6.07) is 7.56. The van der Waals surface area contributed by atoms with Crippen molar-refractivity contribution in [3.63, 3.8) is 0 Å². The van der Waals surface area contributed by atoms with Crippen LogP contribution in [-0.2, 0) is 17.9 Å². The monoisotopic (exact) mass is 258 g/mol. The molecule has 0 radical (unpaired) electrons. The number of hydrogen-bond acceptors (Lipinski definition) is 3. The van der Waals surface area contributed by atoms with E-state index in [4.69, 9.17) is 5.73 Å². The van der Waals surface area contributed by atoms with Crippen molar-refractivity contribution < 1.29 is 4.79 Å². The molecule has 2 rings (SSSR count). The Labute approximate surface area is 112 Å². The molecule has 19 heavy (non-hydrogen) atoms. The predicted octanol–water partition coefficient (Wildman–Crippen LogP) is 1.68. The first kappa shape index (κ1) is 13.3. The molecule has 1 aromatic carbocycles. The van der Waals surface area contributed by atoms with Crippen molar-refractivity contribution in [2.45, 2.75) is 26.4 Å². The summed E-state index contributed by atoms with van der Waals surface area (Å²) in [7, 11) is 0. The predicted molar refractivity (Wildman–Crippen MR) is 74.5 cm³/mol. The molecule has 0 aliphatic heterocycles. The van der Waals surface area contributed by atoms with E-state index in [-0.39, 0.29) is 5.91 Å². The Kier molecular flexibility index (Phi) is 4.30. The minimum Gasteiger partial charge on any atom is -0.326 e. The third-order valence-corrected chi connectivity index (χ3v) is 2.78. The minimum absolute atomic E-state index is 0.0256. The molecule has 0 aliphatic carbocycles. The normalized spacial score (nSPS) is 10.4. The highest BCUT2D eigenvalue weighted by atomic mass is 16.1. The number of nitrogens with zero attached hydrogens (tertiary/aromatic N) is 2. The summed E-state index contributed by atoms with van der Waals surface area (Å²) in [6.45, 7) is 3.02. The topological polar surface area (TPSA) is 72.9 Å². The molecule has 5 nitrogen and oxygen atoms in total. The van der Waals surface area contributed by atoms with Gasteiger partial charge in [-0.15, -0.1) is 0 Å². The Morgan fingerprint density at radius 2 is 2.32 bits per heavy atom. The summed E-state index contributed by atoms with van der Waals surface area (Å²) in [6.07, 6.45) is 4.10. The lowest BCUT2D eigenvalue weighted by atomic mass is 10.2. The molecule has 3 N–H and O–H groups in total. The molecule has 0 bridgehead atoms. The van der Waals surface area contributed by atoms with Crippen LogP contribution in [0.3, 0.4) is 0 Å². The van der Waals surface area contributed by atoms with Crippen molar-refractivity contribution >= 4 is 11.6 Å². The lowest BCUT2D eigenvalue weighted by Crippen LogP contribution is -2.15. The lowest BCUT2D eigenvalue weighted by Gasteiger charge is -2.06. The maximum absolute atomic E-state index is 11.8. The van der Waals surface area contributed by atoms with E-state index < -0.39 is 0 Å². The highest BCUT2D eigenvalue weighted by Gasteiger charge is 2.04. The van der Waals surface area contributed by atoms with Crippen molar-refractivity contribution in [1.82, 2.24) is 9.78 Å². The average molecular weight is 258 g/mol. The van der Waals surface area contributed by atoms with Crippen LogP contribution in [0.1, 0.15) is 17.5 Å². The van der Waals surface area contributed by atoms with E-state index in [2.05, 4.69) is 10.4 Å². The SMILES string of the molecule is Cc1cnn(CCC(=O)Nc2cccc(CN)c2)c1. The molecular weight excluding hydrogens is 240 g/mol. The van der Waals surface area contributed by atoms with Crippen molar-refractivity contribution in [2.75, 3.05) is 5.32 Å². The zero-order chi connectivity index (χ0) is 13.7. The summed E-state index contributed by atoms with van der Waals surface area (Å²) in [4.78, 5) is 11.8. The maximum atomic E-state index is 11.8. The number of carbonyl (C=O) groups excluding carboxylic acids is 1. The van der Waals surface area contributed by atoms with Crippen molar-refractivity contribution in [1.29, 1.82) is 0 Å². The lowest BCUT2D eigenvalue weighted by molar-refractivity contribution is -0.116. The fraction of sp³-hybridized carbons (Fsp3) is 0.286. The van der Waals surface area contributed by atoms with Gasteiger partial charge in [-0.05, 0) is 30.2 Å². The summed E-state index contributed by atoms with van der Waals surface area (Å²) >= 11 is 0. The van der Waals surface area contributed by atoms with Crippen LogP contribution in [0, 0.1) is 6.92 Å². The van der Waals surface area contributed by atoms with Crippen molar-refractivity contribution in [3.8, 4) is 0 Å². The van der Waals surface area contributed by atoms with Crippen molar-refractivity contribution in [3.05, 3.63) is 47.8 Å². The third kappa shape index (κ3) is 3.93. The number of aromatic nitrogens is 2. The fourth-order valence-corrected chi connectivity index (χ4v) is 1.80. The van der Waals surface area contributed by atoms with Gasteiger partial charge in [-0.25, -0.2) is 0 Å². The zero-order valence-corrected chi connectivity index (χ0v) is 11.0. The molecule has 0 fully saturated rings. The average Bonchev–Trinajstić information content (AvgIpc) is 2.82. The zero-order valence-electron chi connectivity index (χ0n) is 11.0. The molecule has 2 aromatic rings. The first-order chi connectivity index (χ1) is 9.17. The second-order valence-electron chi connectivity index (χ2n) is 4.48. The summed E-state index contributed by atoms with van der Waals surface area (Å²) in [5.41, 5.74) is 8.44. The molecule has 5 heteroatoms. The largest absolute Gasteiger partial charge is 0.326 e. The van der Waals surface area contributed by atoms with Crippen LogP contribution in [0.15, 0.2) is 36.7 Å².